The van der Waals surface area contributed by atoms with Crippen LogP contribution in [0.2, 0.25) is 0 Å². The summed E-state index contributed by atoms with van der Waals surface area (Å²) >= 11 is 0. The van der Waals surface area contributed by atoms with Crippen LogP contribution in [0.3, 0.4) is 0 Å². The number of amides is 1. The van der Waals surface area contributed by atoms with Gasteiger partial charge in [-0.25, -0.2) is 0 Å². The average Bonchev–Trinajstić information content (AvgIpc) is 2.89. The van der Waals surface area contributed by atoms with Crippen LogP contribution in [-0.4, -0.2) is 34.3 Å². The minimum atomic E-state index is -0.405. The molecule has 0 fully saturated rings. The molecule has 1 aromatic heterocycles. The lowest BCUT2D eigenvalue weighted by molar-refractivity contribution is -0.148. The Hall–Kier alpha value is -2.63. The van der Waals surface area contributed by atoms with E-state index in [1.807, 2.05) is 64.1 Å². The summed E-state index contributed by atoms with van der Waals surface area (Å²) in [6.07, 6.45) is 0.183. The number of hydrogen-bond acceptors (Lipinski definition) is 4. The highest BCUT2D eigenvalue weighted by Crippen LogP contribution is 2.16. The van der Waals surface area contributed by atoms with E-state index in [-0.39, 0.29) is 25.0 Å². The van der Waals surface area contributed by atoms with Crippen LogP contribution in [-0.2, 0) is 20.9 Å². The first-order valence-corrected chi connectivity index (χ1v) is 8.42. The fraction of sp³-hybridized carbons (Fsp3) is 0.421. The summed E-state index contributed by atoms with van der Waals surface area (Å²) in [7, 11) is 0. The van der Waals surface area contributed by atoms with E-state index in [1.54, 1.807) is 9.58 Å². The Morgan fingerprint density at radius 1 is 1.20 bits per heavy atom. The maximum absolute atomic E-state index is 12.5. The van der Waals surface area contributed by atoms with E-state index in [1.165, 1.54) is 0 Å². The van der Waals surface area contributed by atoms with E-state index in [4.69, 9.17) is 4.74 Å². The van der Waals surface area contributed by atoms with Crippen molar-refractivity contribution in [2.45, 2.75) is 46.7 Å². The summed E-state index contributed by atoms with van der Waals surface area (Å²) in [5.74, 6) is -0.640. The Kier molecular flexibility index (Phi) is 6.33. The van der Waals surface area contributed by atoms with Crippen molar-refractivity contribution >= 4 is 17.6 Å². The van der Waals surface area contributed by atoms with Gasteiger partial charge in [0, 0.05) is 17.4 Å². The molecule has 0 N–H and O–H groups in total. The highest BCUT2D eigenvalue weighted by atomic mass is 16.5. The quantitative estimate of drug-likeness (QED) is 0.725. The van der Waals surface area contributed by atoms with Gasteiger partial charge in [-0.3, -0.25) is 14.3 Å². The average molecular weight is 343 g/mol. The third-order valence-corrected chi connectivity index (χ3v) is 3.81. The van der Waals surface area contributed by atoms with Gasteiger partial charge in [0.05, 0.1) is 18.7 Å². The third kappa shape index (κ3) is 5.17. The monoisotopic (exact) mass is 343 g/mol. The maximum Gasteiger partial charge on any atom is 0.308 e. The second kappa shape index (κ2) is 8.46. The molecule has 0 spiro atoms. The Balaban J connectivity index is 1.87. The third-order valence-electron chi connectivity index (χ3n) is 3.81. The molecule has 1 amide bonds. The van der Waals surface area contributed by atoms with Crippen LogP contribution in [0, 0.1) is 13.8 Å². The number of carbonyl (C=O) groups excluding carboxylic acids is 2. The second-order valence-corrected chi connectivity index (χ2v) is 6.25. The highest BCUT2D eigenvalue weighted by Gasteiger charge is 2.20. The zero-order valence-electron chi connectivity index (χ0n) is 15.2. The minimum Gasteiger partial charge on any atom is -0.455 e. The Morgan fingerprint density at radius 2 is 1.88 bits per heavy atom. The van der Waals surface area contributed by atoms with E-state index in [2.05, 4.69) is 5.10 Å². The number of aryl methyl sites for hydroxylation is 3. The molecule has 0 aliphatic heterocycles. The smallest absolute Gasteiger partial charge is 0.308 e. The fourth-order valence-corrected chi connectivity index (χ4v) is 2.70. The van der Waals surface area contributed by atoms with E-state index in [0.717, 1.165) is 17.1 Å². The number of para-hydroxylation sites is 1. The normalized spacial score (nSPS) is 10.8. The minimum absolute atomic E-state index is 0.0247. The lowest BCUT2D eigenvalue weighted by Gasteiger charge is -2.26. The fourth-order valence-electron chi connectivity index (χ4n) is 2.70. The summed E-state index contributed by atoms with van der Waals surface area (Å²) in [6, 6.07) is 11.3. The number of esters is 1. The van der Waals surface area contributed by atoms with Crippen LogP contribution in [0.1, 0.15) is 31.7 Å². The van der Waals surface area contributed by atoms with Crippen molar-refractivity contribution in [3.8, 4) is 0 Å². The predicted octanol–water partition coefficient (Wildman–Crippen LogP) is 2.87. The molecule has 25 heavy (non-hydrogen) atoms. The molecular weight excluding hydrogens is 318 g/mol. The first-order valence-electron chi connectivity index (χ1n) is 8.42. The van der Waals surface area contributed by atoms with Gasteiger partial charge in [0.25, 0.3) is 5.91 Å². The summed E-state index contributed by atoms with van der Waals surface area (Å²) < 4.78 is 6.92. The Labute approximate surface area is 148 Å². The molecule has 1 heterocycles. The van der Waals surface area contributed by atoms with Gasteiger partial charge in [0.1, 0.15) is 0 Å². The lowest BCUT2D eigenvalue weighted by Crippen LogP contribution is -2.39. The van der Waals surface area contributed by atoms with E-state index >= 15 is 0 Å². The predicted molar refractivity (Wildman–Crippen MR) is 96.3 cm³/mol. The molecule has 0 bridgehead atoms. The van der Waals surface area contributed by atoms with Crippen molar-refractivity contribution in [1.82, 2.24) is 9.78 Å². The van der Waals surface area contributed by atoms with E-state index < -0.39 is 5.97 Å². The molecule has 0 atom stereocenters. The Morgan fingerprint density at radius 3 is 2.44 bits per heavy atom. The molecule has 6 nitrogen and oxygen atoms in total. The molecule has 0 aliphatic rings. The number of ether oxygens (including phenoxy) is 1. The zero-order valence-corrected chi connectivity index (χ0v) is 15.2. The van der Waals surface area contributed by atoms with Gasteiger partial charge in [-0.05, 0) is 45.9 Å². The zero-order chi connectivity index (χ0) is 18.4. The molecule has 134 valence electrons. The summed E-state index contributed by atoms with van der Waals surface area (Å²) in [5.41, 5.74) is 2.70. The number of hydrogen-bond donors (Lipinski definition) is 0. The van der Waals surface area contributed by atoms with Gasteiger partial charge in [0.2, 0.25) is 0 Å². The van der Waals surface area contributed by atoms with Crippen LogP contribution in [0.5, 0.6) is 0 Å². The first kappa shape index (κ1) is 18.7. The first-order chi connectivity index (χ1) is 11.9. The van der Waals surface area contributed by atoms with Gasteiger partial charge in [-0.1, -0.05) is 18.2 Å². The molecule has 0 saturated carbocycles. The number of rotatable bonds is 7. The standard InChI is InChI=1S/C19H25N3O3/c1-14(2)22(17-8-6-5-7-9-17)18(23)13-25-19(24)10-11-21-16(4)12-15(3)20-21/h5-9,12,14H,10-11,13H2,1-4H3. The summed E-state index contributed by atoms with van der Waals surface area (Å²) in [4.78, 5) is 26.0. The molecule has 1 aromatic carbocycles. The van der Waals surface area contributed by atoms with Crippen LogP contribution in [0.25, 0.3) is 0 Å². The number of anilines is 1. The van der Waals surface area contributed by atoms with Gasteiger partial charge < -0.3 is 9.64 Å². The topological polar surface area (TPSA) is 64.4 Å². The molecule has 0 unspecified atom stereocenters. The van der Waals surface area contributed by atoms with E-state index in [0.29, 0.717) is 6.54 Å². The lowest BCUT2D eigenvalue weighted by atomic mass is 10.2. The van der Waals surface area contributed by atoms with Crippen LogP contribution in [0.4, 0.5) is 5.69 Å². The SMILES string of the molecule is Cc1cc(C)n(CCC(=O)OCC(=O)N(c2ccccc2)C(C)C)n1. The molecule has 2 aromatic rings. The van der Waals surface area contributed by atoms with Crippen LogP contribution < -0.4 is 4.90 Å². The van der Waals surface area contributed by atoms with Crippen molar-refractivity contribution in [3.63, 3.8) is 0 Å². The number of nitrogens with zero attached hydrogens (tertiary/aromatic N) is 3. The van der Waals surface area contributed by atoms with Crippen molar-refractivity contribution < 1.29 is 14.3 Å². The maximum atomic E-state index is 12.5. The molecule has 0 saturated heterocycles. The molecule has 0 radical (unpaired) electrons. The number of aromatic nitrogens is 2. The number of carbonyl (C=O) groups is 2. The Bertz CT molecular complexity index is 723. The van der Waals surface area contributed by atoms with Crippen molar-refractivity contribution in [2.24, 2.45) is 0 Å². The summed E-state index contributed by atoms with van der Waals surface area (Å²) in [5, 5.41) is 4.30. The van der Waals surface area contributed by atoms with Crippen LogP contribution >= 0.6 is 0 Å². The molecule has 6 heteroatoms. The van der Waals surface area contributed by atoms with Crippen molar-refractivity contribution in [3.05, 3.63) is 47.8 Å². The largest absolute Gasteiger partial charge is 0.455 e. The second-order valence-electron chi connectivity index (χ2n) is 6.25. The van der Waals surface area contributed by atoms with Crippen molar-refractivity contribution in [1.29, 1.82) is 0 Å². The van der Waals surface area contributed by atoms with Gasteiger partial charge in [-0.2, -0.15) is 5.10 Å². The van der Waals surface area contributed by atoms with Gasteiger partial charge in [0.15, 0.2) is 6.61 Å². The van der Waals surface area contributed by atoms with Crippen molar-refractivity contribution in [2.75, 3.05) is 11.5 Å². The van der Waals surface area contributed by atoms with Gasteiger partial charge >= 0.3 is 5.97 Å². The summed E-state index contributed by atoms with van der Waals surface area (Å²) in [6.45, 7) is 7.88. The van der Waals surface area contributed by atoms with Crippen LogP contribution in [0.15, 0.2) is 36.4 Å². The molecule has 0 aliphatic carbocycles. The molecule has 2 rings (SSSR count). The van der Waals surface area contributed by atoms with Gasteiger partial charge in [-0.15, -0.1) is 0 Å². The molecular formula is C19H25N3O3. The van der Waals surface area contributed by atoms with E-state index in [9.17, 15) is 9.59 Å². The highest BCUT2D eigenvalue weighted by molar-refractivity contribution is 5.95. The number of benzene rings is 1.